The van der Waals surface area contributed by atoms with Gasteiger partial charge in [0, 0.05) is 30.0 Å². The van der Waals surface area contributed by atoms with Gasteiger partial charge in [0.1, 0.15) is 0 Å². The van der Waals surface area contributed by atoms with Crippen LogP contribution in [0.5, 0.6) is 11.5 Å². The molecule has 0 aromatic heterocycles. The monoisotopic (exact) mass is 458 g/mol. The Bertz CT molecular complexity index is 984. The summed E-state index contributed by atoms with van der Waals surface area (Å²) in [5, 5.41) is 4.94. The van der Waals surface area contributed by atoms with E-state index in [1.165, 1.54) is 0 Å². The van der Waals surface area contributed by atoms with Gasteiger partial charge >= 0.3 is 0 Å². The first-order valence-corrected chi connectivity index (χ1v) is 11.0. The number of rotatable bonds is 8. The molecule has 0 unspecified atom stereocenters. The molecule has 32 heavy (non-hydrogen) atoms. The predicted octanol–water partition coefficient (Wildman–Crippen LogP) is 5.32. The first-order valence-electron chi connectivity index (χ1n) is 10.7. The molecule has 1 heterocycles. The van der Waals surface area contributed by atoms with Crippen molar-refractivity contribution in [1.82, 2.24) is 4.90 Å². The number of hydrogen-bond acceptors (Lipinski definition) is 5. The molecule has 6 nitrogen and oxygen atoms in total. The highest BCUT2D eigenvalue weighted by atomic mass is 35.5. The summed E-state index contributed by atoms with van der Waals surface area (Å²) in [5.41, 5.74) is 2.61. The van der Waals surface area contributed by atoms with Crippen LogP contribution in [0.15, 0.2) is 47.6 Å². The summed E-state index contributed by atoms with van der Waals surface area (Å²) in [4.78, 5) is 20.7. The third-order valence-electron chi connectivity index (χ3n) is 5.17. The maximum absolute atomic E-state index is 13.1. The average Bonchev–Trinajstić information content (AvgIpc) is 3.20. The van der Waals surface area contributed by atoms with Gasteiger partial charge in [-0.3, -0.25) is 4.79 Å². The fourth-order valence-corrected chi connectivity index (χ4v) is 3.85. The molecule has 0 bridgehead atoms. The number of benzene rings is 2. The lowest BCUT2D eigenvalue weighted by atomic mass is 9.91. The van der Waals surface area contributed by atoms with E-state index >= 15 is 0 Å². The highest BCUT2D eigenvalue weighted by molar-refractivity contribution is 6.30. The van der Waals surface area contributed by atoms with Gasteiger partial charge < -0.3 is 19.2 Å². The van der Waals surface area contributed by atoms with E-state index in [0.717, 1.165) is 16.8 Å². The second kappa shape index (κ2) is 10.3. The maximum Gasteiger partial charge on any atom is 0.223 e. The summed E-state index contributed by atoms with van der Waals surface area (Å²) < 4.78 is 10.7. The zero-order valence-corrected chi connectivity index (χ0v) is 20.1. The molecule has 2 aromatic rings. The molecule has 0 saturated heterocycles. The summed E-state index contributed by atoms with van der Waals surface area (Å²) in [5.74, 6) is 1.38. The van der Waals surface area contributed by atoms with Crippen LogP contribution in [0.2, 0.25) is 5.02 Å². The zero-order valence-electron chi connectivity index (χ0n) is 19.4. The number of amides is 1. The molecular weight excluding hydrogens is 428 g/mol. The molecule has 172 valence electrons. The zero-order chi connectivity index (χ0) is 23.3. The van der Waals surface area contributed by atoms with Gasteiger partial charge in [0.2, 0.25) is 5.91 Å². The first kappa shape index (κ1) is 23.9. The van der Waals surface area contributed by atoms with Gasteiger partial charge in [-0.25, -0.2) is 0 Å². The molecule has 1 aliphatic heterocycles. The highest BCUT2D eigenvalue weighted by Crippen LogP contribution is 2.30. The van der Waals surface area contributed by atoms with Gasteiger partial charge in [0.05, 0.1) is 26.5 Å². The van der Waals surface area contributed by atoms with Crippen molar-refractivity contribution in [2.75, 3.05) is 20.8 Å². The van der Waals surface area contributed by atoms with Crippen molar-refractivity contribution in [2.24, 2.45) is 10.6 Å². The minimum atomic E-state index is -0.221. The first-order chi connectivity index (χ1) is 15.2. The van der Waals surface area contributed by atoms with Crippen molar-refractivity contribution in [3.05, 3.63) is 58.6 Å². The van der Waals surface area contributed by atoms with Crippen molar-refractivity contribution in [3.8, 4) is 11.5 Å². The summed E-state index contributed by atoms with van der Waals surface area (Å²) in [6.07, 6.45) is 0.828. The van der Waals surface area contributed by atoms with Crippen LogP contribution in [-0.2, 0) is 16.2 Å². The summed E-state index contributed by atoms with van der Waals surface area (Å²) in [6.45, 7) is 7.11. The van der Waals surface area contributed by atoms with Crippen LogP contribution in [0, 0.1) is 5.41 Å². The Morgan fingerprint density at radius 1 is 1.16 bits per heavy atom. The number of ether oxygens (including phenoxy) is 2. The second-order valence-electron chi connectivity index (χ2n) is 9.18. The molecular formula is C25H31ClN2O4. The molecule has 2 aromatic carbocycles. The third kappa shape index (κ3) is 6.39. The lowest BCUT2D eigenvalue weighted by molar-refractivity contribution is -0.135. The number of halogens is 1. The van der Waals surface area contributed by atoms with Crippen molar-refractivity contribution in [3.63, 3.8) is 0 Å². The Morgan fingerprint density at radius 2 is 1.91 bits per heavy atom. The van der Waals surface area contributed by atoms with E-state index in [4.69, 9.17) is 25.9 Å². The van der Waals surface area contributed by atoms with E-state index in [-0.39, 0.29) is 17.4 Å². The molecule has 3 rings (SSSR count). The minimum Gasteiger partial charge on any atom is -0.493 e. The summed E-state index contributed by atoms with van der Waals surface area (Å²) in [6, 6.07) is 13.3. The Hall–Kier alpha value is -2.73. The van der Waals surface area contributed by atoms with Gasteiger partial charge in [-0.15, -0.1) is 0 Å². The van der Waals surface area contributed by atoms with Gasteiger partial charge in [0.25, 0.3) is 0 Å². The molecule has 0 N–H and O–H groups in total. The quantitative estimate of drug-likeness (QED) is 0.537. The topological polar surface area (TPSA) is 60.4 Å². The van der Waals surface area contributed by atoms with E-state index in [0.29, 0.717) is 42.5 Å². The molecule has 0 saturated carbocycles. The Balaban J connectivity index is 1.72. The van der Waals surface area contributed by atoms with Gasteiger partial charge in [-0.2, -0.15) is 0 Å². The number of carbonyl (C=O) groups is 1. The second-order valence-corrected chi connectivity index (χ2v) is 9.62. The van der Waals surface area contributed by atoms with Crippen molar-refractivity contribution >= 4 is 23.2 Å². The largest absolute Gasteiger partial charge is 0.493 e. The van der Waals surface area contributed by atoms with Gasteiger partial charge in [0.15, 0.2) is 17.6 Å². The lowest BCUT2D eigenvalue weighted by Crippen LogP contribution is -2.38. The fraction of sp³-hybridized carbons (Fsp3) is 0.440. The Labute approximate surface area is 195 Å². The molecule has 0 aliphatic carbocycles. The van der Waals surface area contributed by atoms with E-state index in [1.807, 2.05) is 47.4 Å². The van der Waals surface area contributed by atoms with Crippen LogP contribution in [0.1, 0.15) is 44.7 Å². The van der Waals surface area contributed by atoms with Crippen LogP contribution in [0.3, 0.4) is 0 Å². The Morgan fingerprint density at radius 3 is 2.56 bits per heavy atom. The van der Waals surface area contributed by atoms with Crippen molar-refractivity contribution < 1.29 is 19.1 Å². The average molecular weight is 459 g/mol. The van der Waals surface area contributed by atoms with E-state index in [2.05, 4.69) is 25.9 Å². The lowest BCUT2D eigenvalue weighted by Gasteiger charge is -2.28. The van der Waals surface area contributed by atoms with Crippen LogP contribution in [-0.4, -0.2) is 43.4 Å². The van der Waals surface area contributed by atoms with E-state index in [9.17, 15) is 4.79 Å². The number of hydrogen-bond donors (Lipinski definition) is 0. The SMILES string of the molecule is COc1ccc(C2=NO[C@H](CN(Cc3cccc(Cl)c3)C(=O)CC(C)(C)C)C2)cc1OC. The molecule has 0 fully saturated rings. The van der Waals surface area contributed by atoms with E-state index in [1.54, 1.807) is 14.2 Å². The van der Waals surface area contributed by atoms with Crippen LogP contribution >= 0.6 is 11.6 Å². The number of carbonyl (C=O) groups excluding carboxylic acids is 1. The molecule has 0 radical (unpaired) electrons. The number of oxime groups is 1. The van der Waals surface area contributed by atoms with Crippen LogP contribution in [0.25, 0.3) is 0 Å². The van der Waals surface area contributed by atoms with Gasteiger partial charge in [-0.1, -0.05) is 49.7 Å². The summed E-state index contributed by atoms with van der Waals surface area (Å²) >= 11 is 6.15. The van der Waals surface area contributed by atoms with Crippen LogP contribution in [0.4, 0.5) is 0 Å². The molecule has 1 aliphatic rings. The van der Waals surface area contributed by atoms with Crippen molar-refractivity contribution in [2.45, 2.75) is 46.3 Å². The smallest absolute Gasteiger partial charge is 0.223 e. The molecule has 7 heteroatoms. The predicted molar refractivity (Wildman–Crippen MR) is 127 cm³/mol. The van der Waals surface area contributed by atoms with Crippen molar-refractivity contribution in [1.29, 1.82) is 0 Å². The third-order valence-corrected chi connectivity index (χ3v) is 5.41. The van der Waals surface area contributed by atoms with Gasteiger partial charge in [-0.05, 0) is 41.3 Å². The summed E-state index contributed by atoms with van der Waals surface area (Å²) in [7, 11) is 3.21. The number of methoxy groups -OCH3 is 2. The number of nitrogens with zero attached hydrogens (tertiary/aromatic N) is 2. The van der Waals surface area contributed by atoms with E-state index < -0.39 is 0 Å². The highest BCUT2D eigenvalue weighted by Gasteiger charge is 2.29. The normalized spacial score (nSPS) is 15.7. The molecule has 1 atom stereocenters. The Kier molecular flexibility index (Phi) is 7.67. The fourth-order valence-electron chi connectivity index (χ4n) is 3.63. The molecule has 0 spiro atoms. The minimum absolute atomic E-state index is 0.0839. The maximum atomic E-state index is 13.1. The standard InChI is InChI=1S/C25H31ClN2O4/c1-25(2,3)14-24(29)28(15-17-7-6-8-19(26)11-17)16-20-13-21(27-32-20)18-9-10-22(30-4)23(12-18)31-5/h6-12,20H,13-16H2,1-5H3/t20-/m0/s1. The van der Waals surface area contributed by atoms with Crippen LogP contribution < -0.4 is 9.47 Å². The molecule has 1 amide bonds.